The summed E-state index contributed by atoms with van der Waals surface area (Å²) in [5, 5.41) is 0. The molecule has 2 fully saturated rings. The van der Waals surface area contributed by atoms with Gasteiger partial charge in [-0.25, -0.2) is 0 Å². The Bertz CT molecular complexity index is 312. The van der Waals surface area contributed by atoms with E-state index >= 15 is 0 Å². The van der Waals surface area contributed by atoms with E-state index in [0.29, 0.717) is 23.6 Å². The number of likely N-dealkylation sites (N-methyl/N-ethyl adjacent to an activating group) is 1. The van der Waals surface area contributed by atoms with Crippen molar-refractivity contribution in [2.75, 3.05) is 20.2 Å². The topological polar surface area (TPSA) is 38.5 Å². The molecule has 0 spiro atoms. The van der Waals surface area contributed by atoms with E-state index in [1.807, 2.05) is 0 Å². The van der Waals surface area contributed by atoms with Gasteiger partial charge in [0.25, 0.3) is 0 Å². The van der Waals surface area contributed by atoms with Crippen LogP contribution in [0.25, 0.3) is 0 Å². The minimum atomic E-state index is 0.336. The quantitative estimate of drug-likeness (QED) is 0.845. The molecule has 4 unspecified atom stereocenters. The first-order valence-electron chi connectivity index (χ1n) is 9.01. The lowest BCUT2D eigenvalue weighted by atomic mass is 9.67. The second-order valence-electron chi connectivity index (χ2n) is 8.01. The van der Waals surface area contributed by atoms with Gasteiger partial charge in [0.05, 0.1) is 6.10 Å². The van der Waals surface area contributed by atoms with E-state index < -0.39 is 0 Å². The van der Waals surface area contributed by atoms with E-state index in [9.17, 15) is 0 Å². The maximum absolute atomic E-state index is 6.45. The van der Waals surface area contributed by atoms with Crippen molar-refractivity contribution in [3.8, 4) is 0 Å². The standard InChI is InChI=1S/C18H36N2O/c1-5-18(2,3)14-9-10-16(19)17(12-14)20(4)13-15-8-6-7-11-21-15/h14-17H,5-13,19H2,1-4H3. The van der Waals surface area contributed by atoms with Crippen LogP contribution in [0.4, 0.5) is 0 Å². The van der Waals surface area contributed by atoms with Crippen LogP contribution in [0.5, 0.6) is 0 Å². The number of nitrogens with two attached hydrogens (primary N) is 1. The summed E-state index contributed by atoms with van der Waals surface area (Å²) in [5.74, 6) is 0.807. The van der Waals surface area contributed by atoms with Crippen LogP contribution in [0.2, 0.25) is 0 Å². The Labute approximate surface area is 131 Å². The molecule has 2 rings (SSSR count). The maximum atomic E-state index is 6.45. The van der Waals surface area contributed by atoms with E-state index in [1.165, 1.54) is 44.9 Å². The number of rotatable bonds is 5. The predicted molar refractivity (Wildman–Crippen MR) is 89.4 cm³/mol. The molecule has 124 valence electrons. The Morgan fingerprint density at radius 1 is 1.19 bits per heavy atom. The summed E-state index contributed by atoms with van der Waals surface area (Å²) in [6.45, 7) is 9.17. The molecule has 0 aromatic heterocycles. The zero-order valence-electron chi connectivity index (χ0n) is 14.6. The zero-order chi connectivity index (χ0) is 15.5. The largest absolute Gasteiger partial charge is 0.377 e. The highest BCUT2D eigenvalue weighted by Gasteiger charge is 2.37. The van der Waals surface area contributed by atoms with Gasteiger partial charge in [-0.1, -0.05) is 27.2 Å². The van der Waals surface area contributed by atoms with Crippen LogP contribution < -0.4 is 5.73 Å². The summed E-state index contributed by atoms with van der Waals surface area (Å²) >= 11 is 0. The number of nitrogens with zero attached hydrogens (tertiary/aromatic N) is 1. The third-order valence-electron chi connectivity index (χ3n) is 6.22. The molecule has 1 saturated carbocycles. The van der Waals surface area contributed by atoms with Gasteiger partial charge >= 0.3 is 0 Å². The van der Waals surface area contributed by atoms with Crippen molar-refractivity contribution in [2.45, 2.75) is 83.9 Å². The van der Waals surface area contributed by atoms with Crippen molar-refractivity contribution < 1.29 is 4.74 Å². The molecule has 0 radical (unpaired) electrons. The van der Waals surface area contributed by atoms with Gasteiger partial charge < -0.3 is 10.5 Å². The molecular formula is C18H36N2O. The summed E-state index contributed by atoms with van der Waals surface area (Å²) in [5.41, 5.74) is 6.89. The number of hydrogen-bond donors (Lipinski definition) is 1. The average molecular weight is 296 g/mol. The molecule has 2 aliphatic rings. The van der Waals surface area contributed by atoms with Crippen molar-refractivity contribution in [2.24, 2.45) is 17.1 Å². The molecule has 21 heavy (non-hydrogen) atoms. The SMILES string of the molecule is CCC(C)(C)C1CCC(N)C(N(C)CC2CCCCO2)C1. The first-order valence-corrected chi connectivity index (χ1v) is 9.01. The highest BCUT2D eigenvalue weighted by Crippen LogP contribution is 2.41. The summed E-state index contributed by atoms with van der Waals surface area (Å²) in [6, 6.07) is 0.864. The van der Waals surface area contributed by atoms with Gasteiger partial charge in [0.1, 0.15) is 0 Å². The normalized spacial score (nSPS) is 35.1. The molecule has 1 aliphatic carbocycles. The van der Waals surface area contributed by atoms with Gasteiger partial charge in [0.15, 0.2) is 0 Å². The first-order chi connectivity index (χ1) is 9.94. The molecule has 2 N–H and O–H groups in total. The molecule has 0 aromatic carbocycles. The molecular weight excluding hydrogens is 260 g/mol. The van der Waals surface area contributed by atoms with Gasteiger partial charge in [0, 0.05) is 25.2 Å². The third kappa shape index (κ3) is 4.43. The van der Waals surface area contributed by atoms with Gasteiger partial charge in [-0.15, -0.1) is 0 Å². The fourth-order valence-electron chi connectivity index (χ4n) is 4.08. The summed E-state index contributed by atoms with van der Waals surface area (Å²) < 4.78 is 5.91. The molecule has 3 nitrogen and oxygen atoms in total. The Kier molecular flexibility index (Phi) is 6.10. The van der Waals surface area contributed by atoms with Crippen LogP contribution in [0, 0.1) is 11.3 Å². The van der Waals surface area contributed by atoms with Crippen molar-refractivity contribution in [1.29, 1.82) is 0 Å². The van der Waals surface area contributed by atoms with Crippen LogP contribution in [-0.2, 0) is 4.74 Å². The van der Waals surface area contributed by atoms with Gasteiger partial charge in [-0.05, 0) is 56.9 Å². The second kappa shape index (κ2) is 7.43. The summed E-state index contributed by atoms with van der Waals surface area (Å²) in [7, 11) is 2.25. The second-order valence-corrected chi connectivity index (χ2v) is 8.01. The van der Waals surface area contributed by atoms with Gasteiger partial charge in [-0.3, -0.25) is 4.90 Å². The van der Waals surface area contributed by atoms with Gasteiger partial charge in [0.2, 0.25) is 0 Å². The first kappa shape index (κ1) is 17.2. The summed E-state index contributed by atoms with van der Waals surface area (Å²) in [4.78, 5) is 2.50. The van der Waals surface area contributed by atoms with E-state index in [0.717, 1.165) is 19.1 Å². The number of ether oxygens (including phenoxy) is 1. The molecule has 0 amide bonds. The molecule has 1 heterocycles. The predicted octanol–water partition coefficient (Wildman–Crippen LogP) is 3.42. The Balaban J connectivity index is 1.92. The number of hydrogen-bond acceptors (Lipinski definition) is 3. The monoisotopic (exact) mass is 296 g/mol. The van der Waals surface area contributed by atoms with Crippen molar-refractivity contribution in [3.63, 3.8) is 0 Å². The lowest BCUT2D eigenvalue weighted by Gasteiger charge is -2.45. The van der Waals surface area contributed by atoms with E-state index in [2.05, 4.69) is 32.7 Å². The average Bonchev–Trinajstić information content (AvgIpc) is 2.48. The zero-order valence-corrected chi connectivity index (χ0v) is 14.6. The van der Waals surface area contributed by atoms with E-state index in [1.54, 1.807) is 0 Å². The van der Waals surface area contributed by atoms with Crippen molar-refractivity contribution in [1.82, 2.24) is 4.90 Å². The Hall–Kier alpha value is -0.120. The Morgan fingerprint density at radius 3 is 2.57 bits per heavy atom. The minimum Gasteiger partial charge on any atom is -0.377 e. The lowest BCUT2D eigenvalue weighted by molar-refractivity contribution is -0.0194. The van der Waals surface area contributed by atoms with E-state index in [4.69, 9.17) is 10.5 Å². The van der Waals surface area contributed by atoms with Crippen LogP contribution in [-0.4, -0.2) is 43.3 Å². The van der Waals surface area contributed by atoms with Crippen LogP contribution in [0.1, 0.15) is 65.7 Å². The smallest absolute Gasteiger partial charge is 0.0702 e. The van der Waals surface area contributed by atoms with Gasteiger partial charge in [-0.2, -0.15) is 0 Å². The summed E-state index contributed by atoms with van der Waals surface area (Å²) in [6.07, 6.45) is 9.18. The van der Waals surface area contributed by atoms with E-state index in [-0.39, 0.29) is 0 Å². The minimum absolute atomic E-state index is 0.336. The highest BCUT2D eigenvalue weighted by atomic mass is 16.5. The molecule has 3 heteroatoms. The molecule has 1 aliphatic heterocycles. The maximum Gasteiger partial charge on any atom is 0.0702 e. The fraction of sp³-hybridized carbons (Fsp3) is 1.00. The Morgan fingerprint density at radius 2 is 1.95 bits per heavy atom. The highest BCUT2D eigenvalue weighted by molar-refractivity contribution is 4.93. The molecule has 4 atom stereocenters. The molecule has 0 bridgehead atoms. The lowest BCUT2D eigenvalue weighted by Crippen LogP contribution is -2.53. The fourth-order valence-corrected chi connectivity index (χ4v) is 4.08. The van der Waals surface area contributed by atoms with Crippen molar-refractivity contribution in [3.05, 3.63) is 0 Å². The van der Waals surface area contributed by atoms with Crippen molar-refractivity contribution >= 4 is 0 Å². The molecule has 1 saturated heterocycles. The van der Waals surface area contributed by atoms with Crippen LogP contribution in [0.15, 0.2) is 0 Å². The third-order valence-corrected chi connectivity index (χ3v) is 6.22. The van der Waals surface area contributed by atoms with Crippen LogP contribution >= 0.6 is 0 Å². The molecule has 0 aromatic rings. The van der Waals surface area contributed by atoms with Crippen LogP contribution in [0.3, 0.4) is 0 Å².